The predicted molar refractivity (Wildman–Crippen MR) is 169 cm³/mol. The minimum absolute atomic E-state index is 0.0286. The van der Waals surface area contributed by atoms with E-state index in [1.807, 2.05) is 0 Å². The summed E-state index contributed by atoms with van der Waals surface area (Å²) in [7, 11) is -4.18. The van der Waals surface area contributed by atoms with Gasteiger partial charge in [0.05, 0.1) is 24.5 Å². The molecule has 0 amide bonds. The summed E-state index contributed by atoms with van der Waals surface area (Å²) in [6.45, 7) is 11.2. The first kappa shape index (κ1) is 36.1. The van der Waals surface area contributed by atoms with Crippen LogP contribution in [0.5, 0.6) is 0 Å². The zero-order valence-corrected chi connectivity index (χ0v) is 26.9. The third kappa shape index (κ3) is 18.2. The average Bonchev–Trinajstić information content (AvgIpc) is 2.91. The lowest BCUT2D eigenvalue weighted by Crippen LogP contribution is -2.49. The largest absolute Gasteiger partial charge is 0.320 e. The van der Waals surface area contributed by atoms with Gasteiger partial charge < -0.3 is 4.48 Å². The van der Waals surface area contributed by atoms with E-state index in [4.69, 9.17) is 0 Å². The molecule has 0 aliphatic carbocycles. The van der Waals surface area contributed by atoms with Gasteiger partial charge in [0, 0.05) is 5.56 Å². The van der Waals surface area contributed by atoms with E-state index in [1.54, 1.807) is 12.1 Å². The van der Waals surface area contributed by atoms with Gasteiger partial charge in [0.15, 0.2) is 0 Å². The van der Waals surface area contributed by atoms with Crippen molar-refractivity contribution in [3.8, 4) is 0 Å². The van der Waals surface area contributed by atoms with Crippen LogP contribution in [0.3, 0.4) is 0 Å². The molecule has 0 unspecified atom stereocenters. The van der Waals surface area contributed by atoms with Crippen molar-refractivity contribution in [2.24, 2.45) is 0 Å². The Hall–Kier alpha value is -0.910. The number of nitrogens with zero attached hydrogens (tertiary/aromatic N) is 1. The molecular weight excluding hydrogens is 502 g/mol. The van der Waals surface area contributed by atoms with E-state index in [-0.39, 0.29) is 4.90 Å². The quantitative estimate of drug-likeness (QED) is 0.0654. The zero-order chi connectivity index (χ0) is 28.7. The van der Waals surface area contributed by atoms with Crippen LogP contribution in [0.1, 0.15) is 161 Å². The molecule has 5 heteroatoms. The lowest BCUT2D eigenvalue weighted by Gasteiger charge is -2.39. The SMILES string of the molecule is CCCCCCCCC[N+](CCCCCCCCC)(CCCCCCCCC)Cc1cccc(S(=O)(=O)O)c1. The average molecular weight is 567 g/mol. The van der Waals surface area contributed by atoms with Gasteiger partial charge in [0.2, 0.25) is 0 Å². The van der Waals surface area contributed by atoms with E-state index < -0.39 is 10.1 Å². The molecule has 0 spiro atoms. The van der Waals surface area contributed by atoms with Crippen LogP contribution < -0.4 is 0 Å². The van der Waals surface area contributed by atoms with Crippen LogP contribution in [0, 0.1) is 0 Å². The number of hydrogen-bond donors (Lipinski definition) is 1. The molecule has 0 saturated carbocycles. The third-order valence-corrected chi connectivity index (χ3v) is 9.27. The fourth-order valence-electron chi connectivity index (χ4n) is 5.98. The molecule has 0 atom stereocenters. The first-order chi connectivity index (χ1) is 18.9. The first-order valence-corrected chi connectivity index (χ1v) is 18.2. The van der Waals surface area contributed by atoms with Crippen molar-refractivity contribution >= 4 is 10.1 Å². The Morgan fingerprint density at radius 2 is 0.923 bits per heavy atom. The number of rotatable bonds is 27. The van der Waals surface area contributed by atoms with Gasteiger partial charge in [-0.25, -0.2) is 0 Å². The van der Waals surface area contributed by atoms with E-state index in [9.17, 15) is 13.0 Å². The van der Waals surface area contributed by atoms with Crippen molar-refractivity contribution in [1.29, 1.82) is 0 Å². The molecule has 0 fully saturated rings. The van der Waals surface area contributed by atoms with Crippen molar-refractivity contribution in [1.82, 2.24) is 0 Å². The monoisotopic (exact) mass is 566 g/mol. The Morgan fingerprint density at radius 1 is 0.564 bits per heavy atom. The molecule has 1 aromatic carbocycles. The Labute approximate surface area is 243 Å². The van der Waals surface area contributed by atoms with Crippen LogP contribution in [0.25, 0.3) is 0 Å². The zero-order valence-electron chi connectivity index (χ0n) is 26.1. The molecule has 0 saturated heterocycles. The number of hydrogen-bond acceptors (Lipinski definition) is 2. The Balaban J connectivity index is 2.93. The van der Waals surface area contributed by atoms with E-state index in [1.165, 1.54) is 161 Å². The highest BCUT2D eigenvalue weighted by atomic mass is 32.2. The molecule has 0 radical (unpaired) electrons. The minimum Gasteiger partial charge on any atom is -0.320 e. The highest BCUT2D eigenvalue weighted by Crippen LogP contribution is 2.24. The van der Waals surface area contributed by atoms with E-state index in [2.05, 4.69) is 26.8 Å². The van der Waals surface area contributed by atoms with Gasteiger partial charge >= 0.3 is 0 Å². The highest BCUT2D eigenvalue weighted by Gasteiger charge is 2.27. The molecule has 0 bridgehead atoms. The van der Waals surface area contributed by atoms with Crippen LogP contribution in [-0.4, -0.2) is 37.1 Å². The maximum Gasteiger partial charge on any atom is 0.294 e. The van der Waals surface area contributed by atoms with E-state index in [0.717, 1.165) is 16.6 Å². The van der Waals surface area contributed by atoms with Crippen LogP contribution in [0.4, 0.5) is 0 Å². The summed E-state index contributed by atoms with van der Waals surface area (Å²) in [6, 6.07) is 7.07. The maximum atomic E-state index is 11.9. The van der Waals surface area contributed by atoms with Crippen LogP contribution >= 0.6 is 0 Å². The van der Waals surface area contributed by atoms with Crippen molar-refractivity contribution in [3.05, 3.63) is 29.8 Å². The van der Waals surface area contributed by atoms with Gasteiger partial charge in [-0.2, -0.15) is 8.42 Å². The number of benzene rings is 1. The first-order valence-electron chi connectivity index (χ1n) is 16.8. The van der Waals surface area contributed by atoms with Gasteiger partial charge in [0.1, 0.15) is 6.54 Å². The lowest BCUT2D eigenvalue weighted by molar-refractivity contribution is -0.941. The van der Waals surface area contributed by atoms with Crippen molar-refractivity contribution in [2.45, 2.75) is 167 Å². The second kappa shape index (κ2) is 22.7. The predicted octanol–water partition coefficient (Wildman–Crippen LogP) is 10.5. The molecule has 39 heavy (non-hydrogen) atoms. The molecule has 1 N–H and O–H groups in total. The highest BCUT2D eigenvalue weighted by molar-refractivity contribution is 7.85. The van der Waals surface area contributed by atoms with Crippen LogP contribution in [-0.2, 0) is 16.7 Å². The van der Waals surface area contributed by atoms with Crippen molar-refractivity contribution in [3.63, 3.8) is 0 Å². The second-order valence-electron chi connectivity index (χ2n) is 12.2. The summed E-state index contributed by atoms with van der Waals surface area (Å²) in [6.07, 6.45) is 27.6. The number of quaternary nitrogens is 1. The molecule has 0 aliphatic heterocycles. The summed E-state index contributed by atoms with van der Waals surface area (Å²) in [4.78, 5) is 0.0286. The summed E-state index contributed by atoms with van der Waals surface area (Å²) in [5.74, 6) is 0. The summed E-state index contributed by atoms with van der Waals surface area (Å²) < 4.78 is 34.4. The van der Waals surface area contributed by atoms with Gasteiger partial charge in [0.25, 0.3) is 10.1 Å². The lowest BCUT2D eigenvalue weighted by atomic mass is 10.0. The molecule has 1 rings (SSSR count). The van der Waals surface area contributed by atoms with Gasteiger partial charge in [-0.3, -0.25) is 4.55 Å². The third-order valence-electron chi connectivity index (χ3n) is 8.42. The maximum absolute atomic E-state index is 11.9. The van der Waals surface area contributed by atoms with Gasteiger partial charge in [-0.15, -0.1) is 0 Å². The molecule has 0 aromatic heterocycles. The van der Waals surface area contributed by atoms with E-state index in [0.29, 0.717) is 0 Å². The molecule has 0 heterocycles. The van der Waals surface area contributed by atoms with Gasteiger partial charge in [-0.1, -0.05) is 129 Å². The van der Waals surface area contributed by atoms with E-state index >= 15 is 0 Å². The summed E-state index contributed by atoms with van der Waals surface area (Å²) in [5.41, 5.74) is 1.04. The molecule has 1 aromatic rings. The summed E-state index contributed by atoms with van der Waals surface area (Å²) >= 11 is 0. The fourth-order valence-corrected chi connectivity index (χ4v) is 6.53. The molecule has 4 nitrogen and oxygen atoms in total. The molecule has 228 valence electrons. The molecular formula is C34H64NO3S+. The normalized spacial score (nSPS) is 12.3. The summed E-state index contributed by atoms with van der Waals surface area (Å²) in [5, 5.41) is 0. The smallest absolute Gasteiger partial charge is 0.294 e. The number of unbranched alkanes of at least 4 members (excludes halogenated alkanes) is 18. The topological polar surface area (TPSA) is 54.4 Å². The Bertz CT molecular complexity index is 763. The van der Waals surface area contributed by atoms with Gasteiger partial charge in [-0.05, 0) is 50.7 Å². The minimum atomic E-state index is -4.18. The Kier molecular flexibility index (Phi) is 21.1. The van der Waals surface area contributed by atoms with Crippen LogP contribution in [0.2, 0.25) is 0 Å². The standard InChI is InChI=1S/C34H63NO3S/c1-4-7-10-13-16-19-22-28-35(29-23-20-17-14-11-8-5-2,30-24-21-18-15-12-9-6-3)32-33-26-25-27-34(31-33)39(36,37)38/h25-27,31H,4-24,28-30,32H2,1-3H3/p+1. The van der Waals surface area contributed by atoms with Crippen LogP contribution in [0.15, 0.2) is 29.2 Å². The van der Waals surface area contributed by atoms with Crippen molar-refractivity contribution in [2.75, 3.05) is 19.6 Å². The second-order valence-corrected chi connectivity index (χ2v) is 13.6. The fraction of sp³-hybridized carbons (Fsp3) is 0.824. The van der Waals surface area contributed by atoms with Crippen molar-refractivity contribution < 1.29 is 17.5 Å². The Morgan fingerprint density at radius 3 is 1.28 bits per heavy atom. The molecule has 0 aliphatic rings.